The molecule has 0 amide bonds. The smallest absolute Gasteiger partial charge is 0.129 e. The van der Waals surface area contributed by atoms with Crippen molar-refractivity contribution in [3.63, 3.8) is 0 Å². The lowest BCUT2D eigenvalue weighted by atomic mass is 9.93. The third-order valence-electron chi connectivity index (χ3n) is 3.38. The topological polar surface area (TPSA) is 20.2 Å². The summed E-state index contributed by atoms with van der Waals surface area (Å²) in [7, 11) is 0. The zero-order chi connectivity index (χ0) is 12.5. The quantitative estimate of drug-likeness (QED) is 0.898. The van der Waals surface area contributed by atoms with Gasteiger partial charge in [0.15, 0.2) is 0 Å². The minimum Gasteiger partial charge on any atom is -0.391 e. The number of hydrogen-bond donors (Lipinski definition) is 1. The molecule has 4 heteroatoms. The Kier molecular flexibility index (Phi) is 3.73. The summed E-state index contributed by atoms with van der Waals surface area (Å²) in [5.74, 6) is -0.114. The fraction of sp³-hybridized carbons (Fsp3) is 0.538. The highest BCUT2D eigenvalue weighted by molar-refractivity contribution is 8.00. The van der Waals surface area contributed by atoms with Crippen LogP contribution in [0, 0.1) is 11.6 Å². The van der Waals surface area contributed by atoms with Gasteiger partial charge in [-0.05, 0) is 37.1 Å². The molecule has 94 valence electrons. The van der Waals surface area contributed by atoms with Crippen LogP contribution in [0.4, 0.5) is 8.78 Å². The lowest BCUT2D eigenvalue weighted by Crippen LogP contribution is -2.35. The Morgan fingerprint density at radius 2 is 2.24 bits per heavy atom. The number of thioether (sulfide) groups is 1. The van der Waals surface area contributed by atoms with Crippen molar-refractivity contribution in [2.45, 2.75) is 37.0 Å². The summed E-state index contributed by atoms with van der Waals surface area (Å²) in [5.41, 5.74) is 0.382. The molecule has 1 aliphatic heterocycles. The van der Waals surface area contributed by atoms with Gasteiger partial charge in [-0.2, -0.15) is 11.8 Å². The van der Waals surface area contributed by atoms with Gasteiger partial charge in [-0.3, -0.25) is 0 Å². The van der Waals surface area contributed by atoms with Crippen LogP contribution in [0.15, 0.2) is 18.2 Å². The van der Waals surface area contributed by atoms with Crippen molar-refractivity contribution in [1.82, 2.24) is 0 Å². The van der Waals surface area contributed by atoms with Crippen molar-refractivity contribution >= 4 is 11.8 Å². The van der Waals surface area contributed by atoms with Gasteiger partial charge < -0.3 is 5.11 Å². The van der Waals surface area contributed by atoms with Gasteiger partial charge in [0.2, 0.25) is 0 Å². The molecular weight excluding hydrogens is 242 g/mol. The fourth-order valence-corrected chi connectivity index (χ4v) is 3.49. The number of benzene rings is 1. The van der Waals surface area contributed by atoms with E-state index in [4.69, 9.17) is 0 Å². The van der Waals surface area contributed by atoms with Crippen molar-refractivity contribution in [2.24, 2.45) is 0 Å². The monoisotopic (exact) mass is 258 g/mol. The maximum atomic E-state index is 13.5. The third kappa shape index (κ3) is 2.80. The first-order chi connectivity index (χ1) is 8.01. The average molecular weight is 258 g/mol. The first-order valence-corrected chi connectivity index (χ1v) is 6.76. The van der Waals surface area contributed by atoms with Crippen molar-refractivity contribution < 1.29 is 13.9 Å². The lowest BCUT2D eigenvalue weighted by Gasteiger charge is -2.29. The number of halogens is 2. The van der Waals surface area contributed by atoms with Crippen molar-refractivity contribution in [2.75, 3.05) is 5.75 Å². The molecule has 0 bridgehead atoms. The highest BCUT2D eigenvalue weighted by Crippen LogP contribution is 2.41. The summed E-state index contributed by atoms with van der Waals surface area (Å²) in [6, 6.07) is 3.51. The van der Waals surface area contributed by atoms with E-state index in [1.165, 1.54) is 12.1 Å². The second-order valence-electron chi connectivity index (χ2n) is 4.72. The zero-order valence-corrected chi connectivity index (χ0v) is 10.6. The molecule has 1 fully saturated rings. The summed E-state index contributed by atoms with van der Waals surface area (Å²) in [4.78, 5) is 0. The Labute approximate surface area is 104 Å². The van der Waals surface area contributed by atoms with Crippen LogP contribution in [-0.2, 0) is 6.42 Å². The molecular formula is C13H16F2OS. The average Bonchev–Trinajstić information content (AvgIpc) is 2.71. The predicted molar refractivity (Wildman–Crippen MR) is 66.2 cm³/mol. The molecule has 1 saturated heterocycles. The van der Waals surface area contributed by atoms with Gasteiger partial charge in [0.05, 0.1) is 6.10 Å². The third-order valence-corrected chi connectivity index (χ3v) is 5.01. The van der Waals surface area contributed by atoms with Crippen LogP contribution in [0.1, 0.15) is 25.3 Å². The number of aliphatic hydroxyl groups excluding tert-OH is 1. The van der Waals surface area contributed by atoms with Crippen LogP contribution in [0.5, 0.6) is 0 Å². The molecule has 0 radical (unpaired) electrons. The van der Waals surface area contributed by atoms with E-state index in [9.17, 15) is 13.9 Å². The van der Waals surface area contributed by atoms with Gasteiger partial charge in [0.25, 0.3) is 0 Å². The standard InChI is InChI=1S/C13H16F2OS/c1-13(5-2-6-17-13)12(16)7-9-3-4-10(14)8-11(9)15/h3-4,8,12,16H,2,5-7H2,1H3. The fourth-order valence-electron chi connectivity index (χ4n) is 2.17. The van der Waals surface area contributed by atoms with Crippen LogP contribution in [0.2, 0.25) is 0 Å². The van der Waals surface area contributed by atoms with Gasteiger partial charge in [-0.25, -0.2) is 8.78 Å². The minimum atomic E-state index is -0.588. The first kappa shape index (κ1) is 12.8. The maximum absolute atomic E-state index is 13.5. The maximum Gasteiger partial charge on any atom is 0.129 e. The molecule has 1 aromatic rings. The van der Waals surface area contributed by atoms with Crippen molar-refractivity contribution in [3.8, 4) is 0 Å². The van der Waals surface area contributed by atoms with E-state index >= 15 is 0 Å². The van der Waals surface area contributed by atoms with Gasteiger partial charge in [-0.15, -0.1) is 0 Å². The van der Waals surface area contributed by atoms with E-state index in [0.29, 0.717) is 5.56 Å². The summed E-state index contributed by atoms with van der Waals surface area (Å²) in [6.45, 7) is 2.01. The van der Waals surface area contributed by atoms with Crippen LogP contribution in [0.3, 0.4) is 0 Å². The normalized spacial score (nSPS) is 26.1. The highest BCUT2D eigenvalue weighted by atomic mass is 32.2. The molecule has 0 aliphatic carbocycles. The molecule has 0 aromatic heterocycles. The van der Waals surface area contributed by atoms with Gasteiger partial charge in [0.1, 0.15) is 11.6 Å². The minimum absolute atomic E-state index is 0.194. The highest BCUT2D eigenvalue weighted by Gasteiger charge is 2.37. The Morgan fingerprint density at radius 3 is 2.82 bits per heavy atom. The largest absolute Gasteiger partial charge is 0.391 e. The number of hydrogen-bond acceptors (Lipinski definition) is 2. The van der Waals surface area contributed by atoms with E-state index in [0.717, 1.165) is 24.7 Å². The second kappa shape index (κ2) is 4.94. The van der Waals surface area contributed by atoms with Gasteiger partial charge in [0, 0.05) is 17.2 Å². The summed E-state index contributed by atoms with van der Waals surface area (Å²) >= 11 is 1.73. The number of rotatable bonds is 3. The van der Waals surface area contributed by atoms with Crippen LogP contribution in [0.25, 0.3) is 0 Å². The molecule has 1 aliphatic rings. The molecule has 0 spiro atoms. The van der Waals surface area contributed by atoms with E-state index in [1.54, 1.807) is 11.8 Å². The summed E-state index contributed by atoms with van der Waals surface area (Å²) in [6.07, 6.45) is 1.69. The van der Waals surface area contributed by atoms with E-state index < -0.39 is 17.7 Å². The molecule has 17 heavy (non-hydrogen) atoms. The van der Waals surface area contributed by atoms with Crippen LogP contribution in [-0.4, -0.2) is 21.7 Å². The van der Waals surface area contributed by atoms with E-state index in [1.807, 2.05) is 6.92 Å². The second-order valence-corrected chi connectivity index (χ2v) is 6.35. The number of aliphatic hydroxyl groups is 1. The van der Waals surface area contributed by atoms with E-state index in [-0.39, 0.29) is 11.2 Å². The summed E-state index contributed by atoms with van der Waals surface area (Å²) < 4.78 is 26.0. The Morgan fingerprint density at radius 1 is 1.47 bits per heavy atom. The lowest BCUT2D eigenvalue weighted by molar-refractivity contribution is 0.132. The molecule has 2 unspecified atom stereocenters. The Balaban J connectivity index is 2.10. The first-order valence-electron chi connectivity index (χ1n) is 5.77. The molecule has 1 heterocycles. The van der Waals surface area contributed by atoms with Crippen LogP contribution < -0.4 is 0 Å². The molecule has 1 nitrogen and oxygen atoms in total. The zero-order valence-electron chi connectivity index (χ0n) is 9.75. The van der Waals surface area contributed by atoms with Gasteiger partial charge in [-0.1, -0.05) is 6.07 Å². The molecule has 1 N–H and O–H groups in total. The molecule has 2 rings (SSSR count). The van der Waals surface area contributed by atoms with E-state index in [2.05, 4.69) is 0 Å². The Bertz CT molecular complexity index is 402. The van der Waals surface area contributed by atoms with Gasteiger partial charge >= 0.3 is 0 Å². The predicted octanol–water partition coefficient (Wildman–Crippen LogP) is 3.15. The summed E-state index contributed by atoms with van der Waals surface area (Å²) in [5, 5.41) is 10.2. The van der Waals surface area contributed by atoms with Crippen molar-refractivity contribution in [3.05, 3.63) is 35.4 Å². The SMILES string of the molecule is CC1(C(O)Cc2ccc(F)cc2F)CCCS1. The van der Waals surface area contributed by atoms with Crippen molar-refractivity contribution in [1.29, 1.82) is 0 Å². The molecule has 1 aromatic carbocycles. The molecule has 2 atom stereocenters. The van der Waals surface area contributed by atoms with Crippen LogP contribution >= 0.6 is 11.8 Å². The molecule has 0 saturated carbocycles. The Hall–Kier alpha value is -0.610.